The molecule has 2 aromatic carbocycles. The molecule has 0 spiro atoms. The van der Waals surface area contributed by atoms with Crippen LogP contribution in [0.25, 0.3) is 0 Å². The van der Waals surface area contributed by atoms with E-state index in [0.29, 0.717) is 6.04 Å². The number of amidine groups is 1. The number of nitrogens with one attached hydrogen (secondary N) is 1. The van der Waals surface area contributed by atoms with Gasteiger partial charge in [-0.2, -0.15) is 0 Å². The van der Waals surface area contributed by atoms with E-state index < -0.39 is 0 Å². The zero-order valence-corrected chi connectivity index (χ0v) is 14.9. The summed E-state index contributed by atoms with van der Waals surface area (Å²) in [7, 11) is 1.68. The fourth-order valence-electron chi connectivity index (χ4n) is 3.35. The summed E-state index contributed by atoms with van der Waals surface area (Å²) in [6.07, 6.45) is 0. The van der Waals surface area contributed by atoms with Crippen LogP contribution in [0.2, 0.25) is 0 Å². The SMILES string of the molecule is COc1ccc2c(c1)C(N1CCNC(C)C1)=Nc1ccc(C)cc1O2. The van der Waals surface area contributed by atoms with Gasteiger partial charge in [0.05, 0.1) is 12.7 Å². The smallest absolute Gasteiger partial charge is 0.153 e. The van der Waals surface area contributed by atoms with Gasteiger partial charge in [-0.15, -0.1) is 0 Å². The van der Waals surface area contributed by atoms with Crippen molar-refractivity contribution in [1.82, 2.24) is 10.2 Å². The molecule has 5 nitrogen and oxygen atoms in total. The number of benzene rings is 2. The molecule has 1 unspecified atom stereocenters. The van der Waals surface area contributed by atoms with Gasteiger partial charge in [-0.3, -0.25) is 0 Å². The summed E-state index contributed by atoms with van der Waals surface area (Å²) in [5.41, 5.74) is 2.99. The van der Waals surface area contributed by atoms with Crippen molar-refractivity contribution in [3.05, 3.63) is 47.5 Å². The third-order valence-corrected chi connectivity index (χ3v) is 4.66. The van der Waals surface area contributed by atoms with Gasteiger partial charge in [-0.25, -0.2) is 4.99 Å². The fraction of sp³-hybridized carbons (Fsp3) is 0.350. The molecule has 2 heterocycles. The van der Waals surface area contributed by atoms with Gasteiger partial charge in [-0.05, 0) is 49.7 Å². The second-order valence-electron chi connectivity index (χ2n) is 6.67. The molecule has 4 rings (SSSR count). The molecular weight excluding hydrogens is 314 g/mol. The number of nitrogens with zero attached hydrogens (tertiary/aromatic N) is 2. The number of hydrogen-bond acceptors (Lipinski definition) is 5. The van der Waals surface area contributed by atoms with Gasteiger partial charge in [0.1, 0.15) is 23.0 Å². The van der Waals surface area contributed by atoms with Crippen LogP contribution in [0.1, 0.15) is 18.1 Å². The van der Waals surface area contributed by atoms with Crippen LogP contribution < -0.4 is 14.8 Å². The number of rotatable bonds is 1. The Morgan fingerprint density at radius 2 is 2.08 bits per heavy atom. The number of methoxy groups -OCH3 is 1. The van der Waals surface area contributed by atoms with E-state index in [4.69, 9.17) is 14.5 Å². The highest BCUT2D eigenvalue weighted by atomic mass is 16.5. The molecule has 2 aliphatic heterocycles. The summed E-state index contributed by atoms with van der Waals surface area (Å²) in [5, 5.41) is 3.49. The largest absolute Gasteiger partial charge is 0.497 e. The number of aryl methyl sites for hydroxylation is 1. The minimum Gasteiger partial charge on any atom is -0.497 e. The maximum atomic E-state index is 6.22. The van der Waals surface area contributed by atoms with Gasteiger partial charge in [-0.1, -0.05) is 6.07 Å². The minimum absolute atomic E-state index is 0.423. The van der Waals surface area contributed by atoms with Gasteiger partial charge in [0.25, 0.3) is 0 Å². The van der Waals surface area contributed by atoms with E-state index in [2.05, 4.69) is 30.1 Å². The van der Waals surface area contributed by atoms with Crippen LogP contribution in [0.5, 0.6) is 17.2 Å². The van der Waals surface area contributed by atoms with Crippen molar-refractivity contribution in [2.75, 3.05) is 26.7 Å². The van der Waals surface area contributed by atoms with Gasteiger partial charge >= 0.3 is 0 Å². The first-order chi connectivity index (χ1) is 12.1. The topological polar surface area (TPSA) is 46.1 Å². The van der Waals surface area contributed by atoms with Crippen LogP contribution in [-0.4, -0.2) is 43.5 Å². The Hall–Kier alpha value is -2.53. The Morgan fingerprint density at radius 1 is 1.20 bits per heavy atom. The molecule has 2 aromatic rings. The molecule has 0 aromatic heterocycles. The van der Waals surface area contributed by atoms with Crippen molar-refractivity contribution in [2.45, 2.75) is 19.9 Å². The van der Waals surface area contributed by atoms with Crippen LogP contribution in [0, 0.1) is 6.92 Å². The summed E-state index contributed by atoms with van der Waals surface area (Å²) in [6.45, 7) is 7.04. The third kappa shape index (κ3) is 3.07. The first kappa shape index (κ1) is 16.0. The normalized spacial score (nSPS) is 19.2. The van der Waals surface area contributed by atoms with Gasteiger partial charge < -0.3 is 19.7 Å². The minimum atomic E-state index is 0.423. The average molecular weight is 337 g/mol. The second kappa shape index (κ2) is 6.41. The number of ether oxygens (including phenoxy) is 2. The summed E-state index contributed by atoms with van der Waals surface area (Å²) < 4.78 is 11.7. The van der Waals surface area contributed by atoms with Crippen LogP contribution in [0.3, 0.4) is 0 Å². The van der Waals surface area contributed by atoms with E-state index in [1.807, 2.05) is 30.3 Å². The summed E-state index contributed by atoms with van der Waals surface area (Å²) >= 11 is 0. The maximum Gasteiger partial charge on any atom is 0.153 e. The Balaban J connectivity index is 1.87. The number of piperazine rings is 1. The van der Waals surface area contributed by atoms with E-state index in [1.54, 1.807) is 7.11 Å². The summed E-state index contributed by atoms with van der Waals surface area (Å²) in [5.74, 6) is 3.37. The highest BCUT2D eigenvalue weighted by Gasteiger charge is 2.26. The molecule has 0 bridgehead atoms. The van der Waals surface area contributed by atoms with Crippen molar-refractivity contribution in [2.24, 2.45) is 4.99 Å². The summed E-state index contributed by atoms with van der Waals surface area (Å²) in [6, 6.07) is 12.5. The monoisotopic (exact) mass is 337 g/mol. The number of aliphatic imine (C=N–C) groups is 1. The average Bonchev–Trinajstić information content (AvgIpc) is 2.77. The predicted octanol–water partition coefficient (Wildman–Crippen LogP) is 3.48. The Morgan fingerprint density at radius 3 is 2.88 bits per heavy atom. The molecule has 0 aliphatic carbocycles. The molecule has 0 saturated carbocycles. The quantitative estimate of drug-likeness (QED) is 0.865. The lowest BCUT2D eigenvalue weighted by molar-refractivity contribution is 0.304. The number of hydrogen-bond donors (Lipinski definition) is 1. The first-order valence-corrected chi connectivity index (χ1v) is 8.68. The molecule has 1 N–H and O–H groups in total. The van der Waals surface area contributed by atoms with E-state index in [9.17, 15) is 0 Å². The van der Waals surface area contributed by atoms with Gasteiger partial charge in [0, 0.05) is 25.7 Å². The van der Waals surface area contributed by atoms with E-state index in [0.717, 1.165) is 59.5 Å². The molecule has 1 atom stereocenters. The zero-order valence-electron chi connectivity index (χ0n) is 14.9. The van der Waals surface area contributed by atoms with Gasteiger partial charge in [0.2, 0.25) is 0 Å². The lowest BCUT2D eigenvalue weighted by atomic mass is 10.1. The van der Waals surface area contributed by atoms with Crippen molar-refractivity contribution >= 4 is 11.5 Å². The van der Waals surface area contributed by atoms with E-state index >= 15 is 0 Å². The molecule has 1 saturated heterocycles. The standard InChI is InChI=1S/C20H23N3O2/c1-13-4-6-17-19(10-13)25-18-7-5-15(24-3)11-16(18)20(22-17)23-9-8-21-14(2)12-23/h4-7,10-11,14,21H,8-9,12H2,1-3H3. The molecule has 2 aliphatic rings. The lowest BCUT2D eigenvalue weighted by Crippen LogP contribution is -2.51. The highest BCUT2D eigenvalue weighted by molar-refractivity contribution is 6.04. The van der Waals surface area contributed by atoms with E-state index in [1.165, 1.54) is 0 Å². The number of fused-ring (bicyclic) bond motifs is 2. The molecule has 0 amide bonds. The Kier molecular flexibility index (Phi) is 4.09. The molecule has 130 valence electrons. The van der Waals surface area contributed by atoms with E-state index in [-0.39, 0.29) is 0 Å². The Bertz CT molecular complexity index is 832. The van der Waals surface area contributed by atoms with Crippen LogP contribution in [0.4, 0.5) is 5.69 Å². The third-order valence-electron chi connectivity index (χ3n) is 4.66. The van der Waals surface area contributed by atoms with Crippen molar-refractivity contribution < 1.29 is 9.47 Å². The first-order valence-electron chi connectivity index (χ1n) is 8.68. The van der Waals surface area contributed by atoms with Crippen LogP contribution in [0.15, 0.2) is 41.4 Å². The molecule has 1 fully saturated rings. The lowest BCUT2D eigenvalue weighted by Gasteiger charge is -2.34. The molecule has 5 heteroatoms. The fourth-order valence-corrected chi connectivity index (χ4v) is 3.35. The van der Waals surface area contributed by atoms with Crippen molar-refractivity contribution in [3.8, 4) is 17.2 Å². The van der Waals surface area contributed by atoms with Crippen LogP contribution in [-0.2, 0) is 0 Å². The maximum absolute atomic E-state index is 6.22. The van der Waals surface area contributed by atoms with Crippen LogP contribution >= 0.6 is 0 Å². The molecular formula is C20H23N3O2. The van der Waals surface area contributed by atoms with Crippen molar-refractivity contribution in [1.29, 1.82) is 0 Å². The summed E-state index contributed by atoms with van der Waals surface area (Å²) in [4.78, 5) is 7.32. The second-order valence-corrected chi connectivity index (χ2v) is 6.67. The highest BCUT2D eigenvalue weighted by Crippen LogP contribution is 2.39. The Labute approximate surface area is 148 Å². The molecule has 25 heavy (non-hydrogen) atoms. The molecule has 0 radical (unpaired) electrons. The van der Waals surface area contributed by atoms with Gasteiger partial charge in [0.15, 0.2) is 5.75 Å². The predicted molar refractivity (Wildman–Crippen MR) is 99.5 cm³/mol. The zero-order chi connectivity index (χ0) is 17.4. The van der Waals surface area contributed by atoms with Crippen molar-refractivity contribution in [3.63, 3.8) is 0 Å².